The summed E-state index contributed by atoms with van der Waals surface area (Å²) in [5, 5.41) is 0. The lowest BCUT2D eigenvalue weighted by Gasteiger charge is -2.36. The molecule has 2 amide bonds. The fourth-order valence-electron chi connectivity index (χ4n) is 7.13. The van der Waals surface area contributed by atoms with Crippen LogP contribution in [0.1, 0.15) is 46.2 Å². The van der Waals surface area contributed by atoms with Crippen LogP contribution in [0.4, 0.5) is 21.0 Å². The third kappa shape index (κ3) is 4.81. The van der Waals surface area contributed by atoms with Crippen molar-refractivity contribution in [1.82, 2.24) is 0 Å². The predicted octanol–water partition coefficient (Wildman–Crippen LogP) is 7.24. The molecule has 2 aliphatic rings. The second-order valence-electron chi connectivity index (χ2n) is 11.0. The van der Waals surface area contributed by atoms with Gasteiger partial charge in [-0.2, -0.15) is 0 Å². The summed E-state index contributed by atoms with van der Waals surface area (Å²) in [6, 6.07) is 25.8. The van der Waals surface area contributed by atoms with E-state index in [1.54, 1.807) is 38.2 Å². The summed E-state index contributed by atoms with van der Waals surface area (Å²) in [4.78, 5) is 30.8. The second-order valence-corrected chi connectivity index (χ2v) is 11.0. The fraction of sp³-hybridized carbons (Fsp3) is 0.278. The first-order valence-corrected chi connectivity index (χ1v) is 14.8. The van der Waals surface area contributed by atoms with Gasteiger partial charge in [-0.3, -0.25) is 9.80 Å². The lowest BCUT2D eigenvalue weighted by atomic mass is 9.73. The van der Waals surface area contributed by atoms with E-state index in [4.69, 9.17) is 28.4 Å². The molecule has 0 spiro atoms. The molecule has 10 nitrogen and oxygen atoms in total. The summed E-state index contributed by atoms with van der Waals surface area (Å²) in [6.45, 7) is 0. The maximum Gasteiger partial charge on any atom is 0.414 e. The van der Waals surface area contributed by atoms with E-state index < -0.39 is 24.3 Å². The average Bonchev–Trinajstić information content (AvgIpc) is 3.63. The smallest absolute Gasteiger partial charge is 0.414 e. The van der Waals surface area contributed by atoms with Crippen LogP contribution in [0, 0.1) is 0 Å². The van der Waals surface area contributed by atoms with Crippen LogP contribution >= 0.6 is 0 Å². The van der Waals surface area contributed by atoms with Crippen LogP contribution in [-0.2, 0) is 9.47 Å². The van der Waals surface area contributed by atoms with Crippen LogP contribution in [0.25, 0.3) is 0 Å². The molecule has 4 aromatic carbocycles. The highest BCUT2D eigenvalue weighted by Gasteiger charge is 2.54. The van der Waals surface area contributed by atoms with Gasteiger partial charge in [0.1, 0.15) is 0 Å². The number of amides is 2. The van der Waals surface area contributed by atoms with E-state index in [0.717, 1.165) is 33.6 Å². The van der Waals surface area contributed by atoms with Gasteiger partial charge in [-0.1, -0.05) is 48.5 Å². The molecule has 0 radical (unpaired) electrons. The number of methoxy groups -OCH3 is 6. The number of benzene rings is 4. The van der Waals surface area contributed by atoms with Crippen molar-refractivity contribution in [3.8, 4) is 23.0 Å². The highest BCUT2D eigenvalue weighted by Crippen LogP contribution is 2.63. The molecule has 2 aliphatic heterocycles. The maximum absolute atomic E-state index is 13.7. The lowest BCUT2D eigenvalue weighted by Crippen LogP contribution is -2.37. The van der Waals surface area contributed by atoms with E-state index in [1.807, 2.05) is 84.9 Å². The van der Waals surface area contributed by atoms with Crippen LogP contribution < -0.4 is 28.7 Å². The van der Waals surface area contributed by atoms with Crippen LogP contribution in [0.2, 0.25) is 0 Å². The summed E-state index contributed by atoms with van der Waals surface area (Å²) < 4.78 is 33.3. The highest BCUT2D eigenvalue weighted by molar-refractivity contribution is 5.95. The van der Waals surface area contributed by atoms with Crippen molar-refractivity contribution < 1.29 is 38.0 Å². The minimum atomic E-state index is -0.553. The Hall–Kier alpha value is -5.38. The molecule has 10 heteroatoms. The van der Waals surface area contributed by atoms with Gasteiger partial charge in [-0.05, 0) is 58.7 Å². The Bertz CT molecular complexity index is 1650. The van der Waals surface area contributed by atoms with Gasteiger partial charge in [0, 0.05) is 11.8 Å². The van der Waals surface area contributed by atoms with Crippen LogP contribution in [-0.4, -0.2) is 54.8 Å². The topological polar surface area (TPSA) is 96.0 Å². The molecule has 46 heavy (non-hydrogen) atoms. The van der Waals surface area contributed by atoms with Crippen LogP contribution in [0.15, 0.2) is 84.9 Å². The second kappa shape index (κ2) is 12.5. The normalized spacial score (nSPS) is 19.6. The molecular formula is C36H36N2O8. The third-order valence-electron chi connectivity index (χ3n) is 8.98. The number of hydrogen-bond acceptors (Lipinski definition) is 8. The van der Waals surface area contributed by atoms with Gasteiger partial charge in [0.05, 0.1) is 66.1 Å². The Morgan fingerprint density at radius 3 is 1.22 bits per heavy atom. The first kappa shape index (κ1) is 30.6. The minimum absolute atomic E-state index is 0.359. The molecule has 0 fully saturated rings. The first-order valence-electron chi connectivity index (χ1n) is 14.8. The molecule has 0 unspecified atom stereocenters. The number of ether oxygens (including phenoxy) is 6. The van der Waals surface area contributed by atoms with Gasteiger partial charge in [0.25, 0.3) is 0 Å². The largest absolute Gasteiger partial charge is 0.493 e. The SMILES string of the molecule is COC(=O)N1c2ccccc2[C@@H]([C@@H]2c3ccccc3N(C(=O)OC)[C@H]2c2ccc(OC)c(OC)c2)[C@@H]1c1ccc(OC)c(OC)c1. The number of para-hydroxylation sites is 2. The molecule has 4 aromatic rings. The Morgan fingerprint density at radius 2 is 0.870 bits per heavy atom. The van der Waals surface area contributed by atoms with Gasteiger partial charge in [-0.25, -0.2) is 9.59 Å². The van der Waals surface area contributed by atoms with E-state index >= 15 is 0 Å². The zero-order chi connectivity index (χ0) is 32.5. The van der Waals surface area contributed by atoms with Crippen molar-refractivity contribution in [2.45, 2.75) is 23.9 Å². The van der Waals surface area contributed by atoms with Crippen molar-refractivity contribution in [2.24, 2.45) is 0 Å². The Morgan fingerprint density at radius 1 is 0.500 bits per heavy atom. The maximum atomic E-state index is 13.7. The van der Waals surface area contributed by atoms with Gasteiger partial charge in [0.2, 0.25) is 0 Å². The minimum Gasteiger partial charge on any atom is -0.493 e. The molecule has 0 saturated carbocycles. The van der Waals surface area contributed by atoms with E-state index in [0.29, 0.717) is 23.0 Å². The number of hydrogen-bond donors (Lipinski definition) is 0. The number of carbonyl (C=O) groups excluding carboxylic acids is 2. The fourth-order valence-corrected chi connectivity index (χ4v) is 7.13. The zero-order valence-electron chi connectivity index (χ0n) is 26.6. The average molecular weight is 625 g/mol. The van der Waals surface area contributed by atoms with Crippen LogP contribution in [0.3, 0.4) is 0 Å². The van der Waals surface area contributed by atoms with Gasteiger partial charge in [0.15, 0.2) is 23.0 Å². The summed E-state index contributed by atoms with van der Waals surface area (Å²) in [6.07, 6.45) is -1.01. The van der Waals surface area contributed by atoms with E-state index in [1.165, 1.54) is 14.2 Å². The summed E-state index contributed by atoms with van der Waals surface area (Å²) >= 11 is 0. The Labute approximate surface area is 267 Å². The number of carbonyl (C=O) groups is 2. The highest BCUT2D eigenvalue weighted by atomic mass is 16.5. The summed E-state index contributed by atoms with van der Waals surface area (Å²) in [5.74, 6) is 1.46. The van der Waals surface area contributed by atoms with Crippen molar-refractivity contribution in [2.75, 3.05) is 52.5 Å². The van der Waals surface area contributed by atoms with Crippen molar-refractivity contribution in [3.63, 3.8) is 0 Å². The Kier molecular flexibility index (Phi) is 8.36. The first-order chi connectivity index (χ1) is 22.4. The number of nitrogens with zero attached hydrogens (tertiary/aromatic N) is 2. The molecule has 0 bridgehead atoms. The monoisotopic (exact) mass is 624 g/mol. The van der Waals surface area contributed by atoms with E-state index in [9.17, 15) is 9.59 Å². The molecule has 0 aromatic heterocycles. The molecule has 0 aliphatic carbocycles. The van der Waals surface area contributed by atoms with Crippen molar-refractivity contribution in [1.29, 1.82) is 0 Å². The quantitative estimate of drug-likeness (QED) is 0.212. The van der Waals surface area contributed by atoms with E-state index in [2.05, 4.69) is 0 Å². The number of fused-ring (bicyclic) bond motifs is 2. The van der Waals surface area contributed by atoms with Gasteiger partial charge < -0.3 is 28.4 Å². The molecular weight excluding hydrogens is 588 g/mol. The molecule has 6 rings (SSSR count). The third-order valence-corrected chi connectivity index (χ3v) is 8.98. The molecule has 2 heterocycles. The zero-order valence-corrected chi connectivity index (χ0v) is 26.6. The molecule has 238 valence electrons. The molecule has 0 saturated heterocycles. The van der Waals surface area contributed by atoms with Gasteiger partial charge in [-0.15, -0.1) is 0 Å². The van der Waals surface area contributed by atoms with Crippen molar-refractivity contribution >= 4 is 23.6 Å². The van der Waals surface area contributed by atoms with Gasteiger partial charge >= 0.3 is 12.2 Å². The number of rotatable bonds is 7. The summed E-state index contributed by atoms with van der Waals surface area (Å²) in [5.41, 5.74) is 4.93. The predicted molar refractivity (Wildman–Crippen MR) is 173 cm³/mol. The van der Waals surface area contributed by atoms with E-state index in [-0.39, 0.29) is 11.8 Å². The van der Waals surface area contributed by atoms with Crippen molar-refractivity contribution in [3.05, 3.63) is 107 Å². The lowest BCUT2D eigenvalue weighted by molar-refractivity contribution is 0.172. The molecule has 4 atom stereocenters. The Balaban J connectivity index is 1.65. The van der Waals surface area contributed by atoms with Crippen LogP contribution in [0.5, 0.6) is 23.0 Å². The molecule has 0 N–H and O–H groups in total. The summed E-state index contributed by atoms with van der Waals surface area (Å²) in [7, 11) is 9.07. The standard InChI is InChI=1S/C36H36N2O8/c1-41-27-17-15-21(19-29(27)43-3)33-31(23-11-7-9-13-25(23)37(33)35(39)45-5)32-24-12-8-10-14-26(24)38(36(40)46-6)34(32)22-16-18-28(42-2)30(20-22)44-4/h7-20,31-34H,1-6H3/t31-,32-,33-,34-/m0/s1. The number of anilines is 2.